The monoisotopic (exact) mass is 1880 g/mol. The summed E-state index contributed by atoms with van der Waals surface area (Å²) in [5.41, 5.74) is 75.4. The second-order valence-electron chi connectivity index (χ2n) is 41.4. The van der Waals surface area contributed by atoms with Gasteiger partial charge in [0, 0.05) is 26.6 Å². The third kappa shape index (κ3) is 13.7. The standard InChI is InChI=1S/C43H44O2S.C43H44O.C43H44S.3C2H6/c1-21-22(2)28(8)37-36(27(21)7)38-29(9)23(3)25(5)31(11)40(38)43(41-32(12)26(6)24(4)30(10)39(37)41)19-20-46(44,45)42-34-16-14-13-15-33(34)17-18-35(42)43;2*1-21-22(2)28(8)37-36(27(21)7)38-29(9)23(3)25(5)31(11)40(38)43(41-32(12)26(6)24(4)30(10)39(37)41)19-20-44-42-34-16-14-13-15-33(34)17-18-35(42)43;3*1-2/h13-20H,1-12H3;2*13-20H,1-12H3;3*1-2H3. The average Bonchev–Trinajstić information content (AvgIpc) is 1.44. The van der Waals surface area contributed by atoms with E-state index >= 15 is 0 Å². The third-order valence-electron chi connectivity index (χ3n) is 36.8. The maximum absolute atomic E-state index is 14.3. The van der Waals surface area contributed by atoms with Crippen LogP contribution in [0.15, 0.2) is 154 Å². The first kappa shape index (κ1) is 101. The van der Waals surface area contributed by atoms with E-state index in [1.54, 1.807) is 0 Å². The van der Waals surface area contributed by atoms with E-state index in [2.05, 4.69) is 358 Å². The maximum Gasteiger partial charge on any atom is 0.200 e. The molecule has 0 unspecified atom stereocenters. The zero-order valence-corrected chi connectivity index (χ0v) is 94.0. The molecule has 3 nitrogen and oxygen atoms in total. The van der Waals surface area contributed by atoms with Crippen molar-refractivity contribution in [1.29, 1.82) is 0 Å². The second kappa shape index (κ2) is 36.4. The number of ether oxygens (including phenoxy) is 1. The van der Waals surface area contributed by atoms with Gasteiger partial charge in [-0.05, 0) is 594 Å². The van der Waals surface area contributed by atoms with Gasteiger partial charge in [0.1, 0.15) is 5.75 Å². The molecule has 720 valence electrons. The zero-order valence-electron chi connectivity index (χ0n) is 92.4. The molecule has 0 fully saturated rings. The van der Waals surface area contributed by atoms with Crippen molar-refractivity contribution in [3.8, 4) is 72.5 Å². The van der Waals surface area contributed by atoms with Gasteiger partial charge in [-0.1, -0.05) is 175 Å². The molecule has 0 saturated carbocycles. The highest BCUT2D eigenvalue weighted by Gasteiger charge is 2.54. The van der Waals surface area contributed by atoms with Gasteiger partial charge in [0.2, 0.25) is 9.84 Å². The number of hydrogen-bond donors (Lipinski definition) is 0. The van der Waals surface area contributed by atoms with E-state index in [9.17, 15) is 8.42 Å². The van der Waals surface area contributed by atoms with E-state index in [-0.39, 0.29) is 0 Å². The summed E-state index contributed by atoms with van der Waals surface area (Å²) in [6.45, 7) is 95.6. The van der Waals surface area contributed by atoms with E-state index in [0.717, 1.165) is 27.5 Å². The molecule has 5 heteroatoms. The summed E-state index contributed by atoms with van der Waals surface area (Å²) < 4.78 is 35.2. The van der Waals surface area contributed by atoms with Crippen molar-refractivity contribution in [2.75, 3.05) is 0 Å². The SMILES string of the molecule is CC.CC.CC.Cc1c(C)c(C)c2c(c1C)-c1c(C)c(C)c(C)c(C)c1C1(C=COc3c1ccc1ccccc31)c1c(C)c(C)c(C)c(C)c1-2.Cc1c(C)c(C)c2c(c1C)-c1c(C)c(C)c(C)c(C)c1C1(C=CS(=O)(=O)c3c1ccc1ccccc31)c1c(C)c(C)c(C)c(C)c1-2.Cc1c(C)c(C)c2c(c1C)-c1c(C)c(C)c(C)c(C)c1C1(C=CSc3c1ccc1ccccc31)c1c(C)c(C)c(C)c(C)c1-2. The summed E-state index contributed by atoms with van der Waals surface area (Å²) in [7, 11) is -3.72. The minimum atomic E-state index is -3.72. The van der Waals surface area contributed by atoms with Crippen LogP contribution in [-0.4, -0.2) is 8.42 Å². The number of thioether (sulfide) groups is 1. The predicted octanol–water partition coefficient (Wildman–Crippen LogP) is 37.5. The molecule has 3 spiro atoms. The van der Waals surface area contributed by atoms with Crippen LogP contribution in [0.2, 0.25) is 0 Å². The van der Waals surface area contributed by atoms with Crippen LogP contribution >= 0.6 is 11.8 Å². The quantitative estimate of drug-likeness (QED) is 0.152. The van der Waals surface area contributed by atoms with Crippen LogP contribution in [-0.2, 0) is 26.1 Å². The van der Waals surface area contributed by atoms with Gasteiger partial charge in [-0.2, -0.15) is 0 Å². The Morgan fingerprint density at radius 3 is 0.736 bits per heavy atom. The van der Waals surface area contributed by atoms with Crippen LogP contribution < -0.4 is 4.74 Å². The minimum Gasteiger partial charge on any atom is -0.464 e. The lowest BCUT2D eigenvalue weighted by Gasteiger charge is -2.42. The highest BCUT2D eigenvalue weighted by Crippen LogP contribution is 2.68. The van der Waals surface area contributed by atoms with Gasteiger partial charge in [-0.25, -0.2) is 8.42 Å². The van der Waals surface area contributed by atoms with Crippen LogP contribution in [0.1, 0.15) is 292 Å². The van der Waals surface area contributed by atoms with Crippen molar-refractivity contribution < 1.29 is 13.2 Å². The largest absolute Gasteiger partial charge is 0.464 e. The molecule has 15 aromatic rings. The first-order valence-corrected chi connectivity index (χ1v) is 53.9. The van der Waals surface area contributed by atoms with Crippen molar-refractivity contribution in [1.82, 2.24) is 0 Å². The van der Waals surface area contributed by atoms with E-state index in [1.807, 2.05) is 83.8 Å². The molecule has 0 aromatic heterocycles. The highest BCUT2D eigenvalue weighted by atomic mass is 32.2. The molecular formula is C135H150O3S2. The molecular weight excluding hydrogens is 1730 g/mol. The normalized spacial score (nSPS) is 14.2. The van der Waals surface area contributed by atoms with Crippen molar-refractivity contribution >= 4 is 53.9 Å². The Labute approximate surface area is 845 Å². The van der Waals surface area contributed by atoms with Gasteiger partial charge in [0.15, 0.2) is 0 Å². The molecule has 6 aliphatic rings. The molecule has 140 heavy (non-hydrogen) atoms. The lowest BCUT2D eigenvalue weighted by atomic mass is 9.62. The molecule has 0 amide bonds. The van der Waals surface area contributed by atoms with Gasteiger partial charge in [0.05, 0.1) is 27.4 Å². The topological polar surface area (TPSA) is 43.4 Å². The first-order chi connectivity index (χ1) is 66.3. The van der Waals surface area contributed by atoms with E-state index < -0.39 is 26.1 Å². The van der Waals surface area contributed by atoms with Gasteiger partial charge >= 0.3 is 0 Å². The van der Waals surface area contributed by atoms with Crippen molar-refractivity contribution in [2.24, 2.45) is 0 Å². The molecule has 0 radical (unpaired) electrons. The Morgan fingerprint density at radius 2 is 0.436 bits per heavy atom. The van der Waals surface area contributed by atoms with E-state index in [4.69, 9.17) is 4.74 Å². The van der Waals surface area contributed by atoms with Crippen LogP contribution in [0.4, 0.5) is 0 Å². The number of sulfone groups is 1. The summed E-state index contributed by atoms with van der Waals surface area (Å²) in [5.74, 6) is 0.972. The summed E-state index contributed by atoms with van der Waals surface area (Å²) in [4.78, 5) is 1.82. The Balaban J connectivity index is 0.000000147. The molecule has 0 atom stereocenters. The smallest absolute Gasteiger partial charge is 0.200 e. The third-order valence-corrected chi connectivity index (χ3v) is 39.2. The molecule has 3 aliphatic carbocycles. The van der Waals surface area contributed by atoms with Gasteiger partial charge in [0.25, 0.3) is 0 Å². The van der Waals surface area contributed by atoms with Gasteiger partial charge in [-0.15, -0.1) is 0 Å². The fourth-order valence-electron chi connectivity index (χ4n) is 26.4. The summed E-state index contributed by atoms with van der Waals surface area (Å²) in [6.07, 6.45) is 9.00. The molecule has 0 saturated heterocycles. The van der Waals surface area contributed by atoms with Crippen LogP contribution in [0.5, 0.6) is 5.75 Å². The zero-order chi connectivity index (χ0) is 102. The van der Waals surface area contributed by atoms with Crippen LogP contribution in [0.25, 0.3) is 99.1 Å². The maximum atomic E-state index is 14.3. The molecule has 3 heterocycles. The average molecular weight is 1880 g/mol. The highest BCUT2D eigenvalue weighted by molar-refractivity contribution is 8.02. The minimum absolute atomic E-state index is 0.433. The van der Waals surface area contributed by atoms with Gasteiger partial charge < -0.3 is 4.74 Å². The van der Waals surface area contributed by atoms with E-state index in [1.165, 1.54) is 338 Å². The fraction of sp³-hybridized carbons (Fsp3) is 0.333. The van der Waals surface area contributed by atoms with Gasteiger partial charge in [-0.3, -0.25) is 0 Å². The Hall–Kier alpha value is -11.6. The number of rotatable bonds is 0. The molecule has 3 aliphatic heterocycles. The predicted molar refractivity (Wildman–Crippen MR) is 609 cm³/mol. The van der Waals surface area contributed by atoms with Crippen molar-refractivity contribution in [3.05, 3.63) is 395 Å². The summed E-state index contributed by atoms with van der Waals surface area (Å²) in [6, 6.07) is 39.3. The Kier molecular flexibility index (Phi) is 26.4. The second-order valence-corrected chi connectivity index (χ2v) is 44.0. The number of fused-ring (bicyclic) bond motifs is 33. The Morgan fingerprint density at radius 1 is 0.214 bits per heavy atom. The summed E-state index contributed by atoms with van der Waals surface area (Å²) in [5, 5.41) is 10.7. The lowest BCUT2D eigenvalue weighted by Crippen LogP contribution is -2.35. The first-order valence-electron chi connectivity index (χ1n) is 51.5. The van der Waals surface area contributed by atoms with Crippen molar-refractivity contribution in [3.63, 3.8) is 0 Å². The lowest BCUT2D eigenvalue weighted by molar-refractivity contribution is 0.449. The summed E-state index contributed by atoms with van der Waals surface area (Å²) >= 11 is 1.89. The number of hydrogen-bond acceptors (Lipinski definition) is 4. The number of allylic oxidation sites excluding steroid dienone is 3. The molecule has 0 N–H and O–H groups in total. The molecule has 0 bridgehead atoms. The Bertz CT molecular complexity index is 7590. The van der Waals surface area contributed by atoms with Crippen LogP contribution in [0, 0.1) is 249 Å². The number of benzene rings is 15. The van der Waals surface area contributed by atoms with Crippen LogP contribution in [0.3, 0.4) is 0 Å². The molecule has 21 rings (SSSR count). The van der Waals surface area contributed by atoms with Crippen molar-refractivity contribution in [2.45, 2.75) is 317 Å². The fourth-order valence-corrected chi connectivity index (χ4v) is 29.0. The van der Waals surface area contributed by atoms with E-state index in [0.29, 0.717) is 4.90 Å². The molecule has 15 aromatic carbocycles.